The Bertz CT molecular complexity index is 575. The smallest absolute Gasteiger partial charge is 0.229 e. The number of rotatable bonds is 3. The van der Waals surface area contributed by atoms with E-state index in [1.54, 1.807) is 0 Å². The first-order chi connectivity index (χ1) is 11.3. The van der Waals surface area contributed by atoms with Crippen LogP contribution in [0.25, 0.3) is 0 Å². The molecule has 0 aromatic heterocycles. The molecule has 1 aromatic rings. The zero-order valence-electron chi connectivity index (χ0n) is 13.8. The van der Waals surface area contributed by atoms with Crippen molar-refractivity contribution in [2.45, 2.75) is 51.0 Å². The first-order valence-corrected chi connectivity index (χ1v) is 9.11. The predicted octanol–water partition coefficient (Wildman–Crippen LogP) is 3.14. The first-order valence-electron chi connectivity index (χ1n) is 9.11. The van der Waals surface area contributed by atoms with Gasteiger partial charge in [0.25, 0.3) is 0 Å². The number of carbonyl (C=O) groups is 1. The number of amides is 1. The van der Waals surface area contributed by atoms with Crippen LogP contribution >= 0.6 is 0 Å². The highest BCUT2D eigenvalue weighted by Gasteiger charge is 2.28. The molecule has 0 radical (unpaired) electrons. The molecule has 0 spiro atoms. The lowest BCUT2D eigenvalue weighted by Crippen LogP contribution is -2.33. The second-order valence-electron chi connectivity index (χ2n) is 7.00. The van der Waals surface area contributed by atoms with Crippen LogP contribution < -0.4 is 9.80 Å². The zero-order valence-corrected chi connectivity index (χ0v) is 13.8. The summed E-state index contributed by atoms with van der Waals surface area (Å²) < 4.78 is 5.73. The van der Waals surface area contributed by atoms with Crippen LogP contribution in [0, 0.1) is 0 Å². The standard InChI is InChI=1S/C19H26N2O2/c22-19(14-17-5-1-4-12-23-17)21-11-8-15-13-16(6-7-18(15)21)20-9-2-3-10-20/h6-7,13,17H,1-5,8-12,14H2. The number of nitrogens with zero attached hydrogens (tertiary/aromatic N) is 2. The third-order valence-corrected chi connectivity index (χ3v) is 5.41. The van der Waals surface area contributed by atoms with E-state index in [9.17, 15) is 4.79 Å². The van der Waals surface area contributed by atoms with E-state index in [1.807, 2.05) is 4.90 Å². The van der Waals surface area contributed by atoms with Crippen LogP contribution in [0.2, 0.25) is 0 Å². The van der Waals surface area contributed by atoms with Gasteiger partial charge in [0.1, 0.15) is 0 Å². The van der Waals surface area contributed by atoms with Gasteiger partial charge in [-0.15, -0.1) is 0 Å². The molecule has 0 N–H and O–H groups in total. The van der Waals surface area contributed by atoms with E-state index < -0.39 is 0 Å². The molecule has 1 aromatic carbocycles. The van der Waals surface area contributed by atoms with Crippen molar-refractivity contribution in [2.75, 3.05) is 36.0 Å². The van der Waals surface area contributed by atoms with Crippen LogP contribution in [-0.2, 0) is 16.0 Å². The molecule has 0 bridgehead atoms. The fraction of sp³-hybridized carbons (Fsp3) is 0.632. The van der Waals surface area contributed by atoms with Crippen molar-refractivity contribution in [2.24, 2.45) is 0 Å². The van der Waals surface area contributed by atoms with Crippen LogP contribution in [-0.4, -0.2) is 38.3 Å². The summed E-state index contributed by atoms with van der Waals surface area (Å²) in [4.78, 5) is 17.1. The van der Waals surface area contributed by atoms with E-state index in [-0.39, 0.29) is 12.0 Å². The Labute approximate surface area is 138 Å². The highest BCUT2D eigenvalue weighted by molar-refractivity contribution is 5.96. The Hall–Kier alpha value is -1.55. The van der Waals surface area contributed by atoms with Gasteiger partial charge in [-0.2, -0.15) is 0 Å². The summed E-state index contributed by atoms with van der Waals surface area (Å²) in [7, 11) is 0. The molecule has 4 nitrogen and oxygen atoms in total. The molecule has 3 aliphatic rings. The third-order valence-electron chi connectivity index (χ3n) is 5.41. The van der Waals surface area contributed by atoms with Gasteiger partial charge >= 0.3 is 0 Å². The lowest BCUT2D eigenvalue weighted by molar-refractivity contribution is -0.122. The molecule has 1 atom stereocenters. The molecule has 0 saturated carbocycles. The fourth-order valence-electron chi connectivity index (χ4n) is 4.09. The molecule has 124 valence electrons. The Morgan fingerprint density at radius 1 is 1.13 bits per heavy atom. The maximum Gasteiger partial charge on any atom is 0.229 e. The molecule has 23 heavy (non-hydrogen) atoms. The molecule has 3 aliphatic heterocycles. The van der Waals surface area contributed by atoms with Crippen molar-refractivity contribution in [3.8, 4) is 0 Å². The van der Waals surface area contributed by atoms with Crippen molar-refractivity contribution in [3.05, 3.63) is 23.8 Å². The normalized spacial score (nSPS) is 24.1. The van der Waals surface area contributed by atoms with Gasteiger partial charge in [0.15, 0.2) is 0 Å². The number of hydrogen-bond acceptors (Lipinski definition) is 3. The summed E-state index contributed by atoms with van der Waals surface area (Å²) >= 11 is 0. The zero-order chi connectivity index (χ0) is 15.6. The monoisotopic (exact) mass is 314 g/mol. The topological polar surface area (TPSA) is 32.8 Å². The van der Waals surface area contributed by atoms with Crippen molar-refractivity contribution in [3.63, 3.8) is 0 Å². The van der Waals surface area contributed by atoms with E-state index in [0.717, 1.165) is 38.1 Å². The number of anilines is 2. The van der Waals surface area contributed by atoms with E-state index in [2.05, 4.69) is 23.1 Å². The summed E-state index contributed by atoms with van der Waals surface area (Å²) in [5.41, 5.74) is 3.77. The second kappa shape index (κ2) is 6.52. The van der Waals surface area contributed by atoms with Gasteiger partial charge in [0, 0.05) is 37.6 Å². The van der Waals surface area contributed by atoms with Gasteiger partial charge in [0.2, 0.25) is 5.91 Å². The van der Waals surface area contributed by atoms with E-state index >= 15 is 0 Å². The van der Waals surface area contributed by atoms with Gasteiger partial charge in [0.05, 0.1) is 12.5 Å². The Morgan fingerprint density at radius 2 is 2.00 bits per heavy atom. The molecule has 4 heteroatoms. The number of ether oxygens (including phenoxy) is 1. The summed E-state index contributed by atoms with van der Waals surface area (Å²) in [6.07, 6.45) is 7.59. The molecular formula is C19H26N2O2. The fourth-order valence-corrected chi connectivity index (χ4v) is 4.09. The van der Waals surface area contributed by atoms with E-state index in [1.165, 1.54) is 43.6 Å². The van der Waals surface area contributed by atoms with Crippen molar-refractivity contribution in [1.29, 1.82) is 0 Å². The summed E-state index contributed by atoms with van der Waals surface area (Å²) in [6.45, 7) is 3.97. The molecule has 4 rings (SSSR count). The Balaban J connectivity index is 1.45. The number of benzene rings is 1. The minimum atomic E-state index is 0.129. The molecule has 0 aliphatic carbocycles. The molecule has 1 amide bonds. The van der Waals surface area contributed by atoms with Gasteiger partial charge in [-0.1, -0.05) is 0 Å². The molecule has 2 saturated heterocycles. The molecule has 1 unspecified atom stereocenters. The van der Waals surface area contributed by atoms with Gasteiger partial charge in [-0.3, -0.25) is 4.79 Å². The highest BCUT2D eigenvalue weighted by Crippen LogP contribution is 2.33. The summed E-state index contributed by atoms with van der Waals surface area (Å²) in [5, 5.41) is 0. The van der Waals surface area contributed by atoms with Gasteiger partial charge in [-0.25, -0.2) is 0 Å². The quantitative estimate of drug-likeness (QED) is 0.859. The van der Waals surface area contributed by atoms with Gasteiger partial charge < -0.3 is 14.5 Å². The number of carbonyl (C=O) groups excluding carboxylic acids is 1. The van der Waals surface area contributed by atoms with Crippen molar-refractivity contribution in [1.82, 2.24) is 0 Å². The van der Waals surface area contributed by atoms with E-state index in [0.29, 0.717) is 6.42 Å². The minimum absolute atomic E-state index is 0.129. The maximum atomic E-state index is 12.7. The van der Waals surface area contributed by atoms with Crippen molar-refractivity contribution < 1.29 is 9.53 Å². The minimum Gasteiger partial charge on any atom is -0.378 e. The lowest BCUT2D eigenvalue weighted by Gasteiger charge is -2.25. The average molecular weight is 314 g/mol. The van der Waals surface area contributed by atoms with E-state index in [4.69, 9.17) is 4.74 Å². The third kappa shape index (κ3) is 3.09. The van der Waals surface area contributed by atoms with Crippen LogP contribution in [0.1, 0.15) is 44.1 Å². The lowest BCUT2D eigenvalue weighted by atomic mass is 10.1. The van der Waals surface area contributed by atoms with Crippen LogP contribution in [0.5, 0.6) is 0 Å². The second-order valence-corrected chi connectivity index (χ2v) is 7.00. The number of hydrogen-bond donors (Lipinski definition) is 0. The van der Waals surface area contributed by atoms with Crippen LogP contribution in [0.4, 0.5) is 11.4 Å². The summed E-state index contributed by atoms with van der Waals surface area (Å²) in [6, 6.07) is 6.63. The van der Waals surface area contributed by atoms with Crippen LogP contribution in [0.3, 0.4) is 0 Å². The maximum absolute atomic E-state index is 12.7. The largest absolute Gasteiger partial charge is 0.378 e. The highest BCUT2D eigenvalue weighted by atomic mass is 16.5. The summed E-state index contributed by atoms with van der Waals surface area (Å²) in [5.74, 6) is 0.226. The Kier molecular flexibility index (Phi) is 4.25. The SMILES string of the molecule is O=C(CC1CCCCO1)N1CCc2cc(N3CCCC3)ccc21. The van der Waals surface area contributed by atoms with Crippen molar-refractivity contribution >= 4 is 17.3 Å². The number of fused-ring (bicyclic) bond motifs is 1. The molecular weight excluding hydrogens is 288 g/mol. The average Bonchev–Trinajstić information content (AvgIpc) is 3.25. The molecule has 3 heterocycles. The predicted molar refractivity (Wildman–Crippen MR) is 92.2 cm³/mol. The first kappa shape index (κ1) is 15.0. The van der Waals surface area contributed by atoms with Gasteiger partial charge in [-0.05, 0) is 62.3 Å². The Morgan fingerprint density at radius 3 is 2.78 bits per heavy atom. The van der Waals surface area contributed by atoms with Crippen LogP contribution in [0.15, 0.2) is 18.2 Å². The molecule has 2 fully saturated rings.